The van der Waals surface area contributed by atoms with E-state index >= 15 is 0 Å². The van der Waals surface area contributed by atoms with E-state index in [1.54, 1.807) is 6.20 Å². The first-order chi connectivity index (χ1) is 14.7. The lowest BCUT2D eigenvalue weighted by atomic mass is 9.86. The Bertz CT molecular complexity index is 1010. The highest BCUT2D eigenvalue weighted by atomic mass is 35.5. The second-order valence-corrected chi connectivity index (χ2v) is 8.67. The van der Waals surface area contributed by atoms with Gasteiger partial charge in [-0.05, 0) is 69.0 Å². The Morgan fingerprint density at radius 2 is 1.93 bits per heavy atom. The van der Waals surface area contributed by atoms with E-state index in [4.69, 9.17) is 16.3 Å². The number of rotatable bonds is 4. The zero-order valence-electron chi connectivity index (χ0n) is 17.1. The third kappa shape index (κ3) is 3.82. The van der Waals surface area contributed by atoms with Crippen molar-refractivity contribution in [1.29, 1.82) is 0 Å². The minimum Gasteiger partial charge on any atom is -0.474 e. The van der Waals surface area contributed by atoms with Gasteiger partial charge in [0.05, 0.1) is 5.69 Å². The molecule has 1 atom stereocenters. The summed E-state index contributed by atoms with van der Waals surface area (Å²) < 4.78 is 8.36. The van der Waals surface area contributed by atoms with Gasteiger partial charge < -0.3 is 10.1 Å². The number of nitrogens with zero attached hydrogens (tertiary/aromatic N) is 4. The third-order valence-corrected chi connectivity index (χ3v) is 6.54. The normalized spacial score (nSPS) is 23.3. The van der Waals surface area contributed by atoms with Gasteiger partial charge in [-0.1, -0.05) is 17.7 Å². The maximum Gasteiger partial charge on any atom is 0.213 e. The number of ether oxygens (including phenoxy) is 1. The number of hydrogen-bond acceptors (Lipinski definition) is 5. The molecule has 3 aromatic rings. The molecule has 1 fully saturated rings. The fourth-order valence-electron chi connectivity index (χ4n) is 4.71. The van der Waals surface area contributed by atoms with E-state index in [1.807, 2.05) is 31.3 Å². The number of pyridine rings is 1. The lowest BCUT2D eigenvalue weighted by molar-refractivity contribution is 0.139. The van der Waals surface area contributed by atoms with Crippen molar-refractivity contribution in [2.75, 3.05) is 7.05 Å². The Hall–Kier alpha value is -2.44. The molecule has 1 aliphatic heterocycles. The Balaban J connectivity index is 1.39. The molecule has 6 nitrogen and oxygen atoms in total. The lowest BCUT2D eigenvalue weighted by Gasteiger charge is -2.28. The molecule has 0 amide bonds. The van der Waals surface area contributed by atoms with Gasteiger partial charge in [0.15, 0.2) is 0 Å². The first-order valence-corrected chi connectivity index (χ1v) is 11.1. The molecule has 2 aliphatic rings. The highest BCUT2D eigenvalue weighted by Gasteiger charge is 2.31. The Morgan fingerprint density at radius 3 is 2.70 bits per heavy atom. The van der Waals surface area contributed by atoms with Gasteiger partial charge in [0.2, 0.25) is 5.88 Å². The maximum atomic E-state index is 6.31. The van der Waals surface area contributed by atoms with Crippen molar-refractivity contribution in [2.45, 2.75) is 56.6 Å². The number of likely N-dealkylation sites (N-methyl/N-ethyl adjacent to an activating group) is 1. The topological polar surface area (TPSA) is 64.9 Å². The first kappa shape index (κ1) is 19.5. The molecule has 0 saturated heterocycles. The monoisotopic (exact) mass is 423 g/mol. The predicted octanol–water partition coefficient (Wildman–Crippen LogP) is 4.11. The molecule has 0 spiro atoms. The summed E-state index contributed by atoms with van der Waals surface area (Å²) in [5.74, 6) is 3.18. The molecule has 156 valence electrons. The summed E-state index contributed by atoms with van der Waals surface area (Å²) in [6.45, 7) is 0. The third-order valence-electron chi connectivity index (χ3n) is 6.31. The van der Waals surface area contributed by atoms with Gasteiger partial charge in [0.25, 0.3) is 0 Å². The smallest absolute Gasteiger partial charge is 0.213 e. The summed E-state index contributed by atoms with van der Waals surface area (Å²) in [7, 11) is 2.00. The number of nitrogens with one attached hydrogen (secondary N) is 1. The van der Waals surface area contributed by atoms with Gasteiger partial charge in [-0.2, -0.15) is 0 Å². The second kappa shape index (κ2) is 8.36. The fourth-order valence-corrected chi connectivity index (χ4v) is 4.91. The molecule has 0 bridgehead atoms. The Kier molecular flexibility index (Phi) is 5.44. The van der Waals surface area contributed by atoms with E-state index < -0.39 is 0 Å². The van der Waals surface area contributed by atoms with E-state index in [0.717, 1.165) is 55.2 Å². The Labute approximate surface area is 181 Å². The molecule has 0 unspecified atom stereocenters. The minimum absolute atomic E-state index is 0.211. The number of hydrogen-bond donors (Lipinski definition) is 1. The maximum absolute atomic E-state index is 6.31. The average Bonchev–Trinajstić information content (AvgIpc) is 3.11. The molecule has 2 aromatic heterocycles. The summed E-state index contributed by atoms with van der Waals surface area (Å²) in [6, 6.07) is 12.3. The minimum atomic E-state index is 0.211. The van der Waals surface area contributed by atoms with Crippen LogP contribution in [-0.2, 0) is 12.8 Å². The molecule has 1 aromatic carbocycles. The van der Waals surface area contributed by atoms with Crippen molar-refractivity contribution < 1.29 is 4.74 Å². The van der Waals surface area contributed by atoms with E-state index in [9.17, 15) is 0 Å². The van der Waals surface area contributed by atoms with Crippen LogP contribution in [0.25, 0.3) is 5.69 Å². The molecule has 30 heavy (non-hydrogen) atoms. The highest BCUT2D eigenvalue weighted by Crippen LogP contribution is 2.36. The SMILES string of the molecule is CN[C@H]1Cc2cc(Cl)ccc2-n2c(nnc2C2CCC(Oc3ccccn3)CC2)C1. The average molecular weight is 424 g/mol. The lowest BCUT2D eigenvalue weighted by Crippen LogP contribution is -2.29. The van der Waals surface area contributed by atoms with Crippen LogP contribution in [0.15, 0.2) is 42.6 Å². The standard InChI is InChI=1S/C23H26ClN5O/c1-25-18-13-16-12-17(24)7-10-20(16)29-21(14-18)27-28-23(29)15-5-8-19(9-6-15)30-22-4-2-3-11-26-22/h2-4,7,10-12,15,18-19,25H,5-6,8-9,13-14H2,1H3/t15?,18-,19?/m0/s1. The predicted molar refractivity (Wildman–Crippen MR) is 116 cm³/mol. The van der Waals surface area contributed by atoms with E-state index in [1.165, 1.54) is 11.3 Å². The Morgan fingerprint density at radius 1 is 1.07 bits per heavy atom. The molecule has 1 N–H and O–H groups in total. The van der Waals surface area contributed by atoms with Crippen molar-refractivity contribution in [1.82, 2.24) is 25.1 Å². The second-order valence-electron chi connectivity index (χ2n) is 8.24. The molecule has 5 rings (SSSR count). The van der Waals surface area contributed by atoms with Crippen molar-refractivity contribution in [3.05, 3.63) is 64.8 Å². The van der Waals surface area contributed by atoms with Gasteiger partial charge in [0.1, 0.15) is 17.8 Å². The summed E-state index contributed by atoms with van der Waals surface area (Å²) >= 11 is 6.31. The van der Waals surface area contributed by atoms with E-state index in [-0.39, 0.29) is 6.10 Å². The van der Waals surface area contributed by atoms with E-state index in [2.05, 4.69) is 37.2 Å². The number of fused-ring (bicyclic) bond motifs is 3. The molecule has 0 radical (unpaired) electrons. The van der Waals surface area contributed by atoms with Crippen LogP contribution in [0.5, 0.6) is 5.88 Å². The van der Waals surface area contributed by atoms with Crippen LogP contribution >= 0.6 is 11.6 Å². The van der Waals surface area contributed by atoms with Gasteiger partial charge in [0, 0.05) is 35.7 Å². The zero-order chi connectivity index (χ0) is 20.5. The van der Waals surface area contributed by atoms with Crippen LogP contribution in [0.3, 0.4) is 0 Å². The number of aromatic nitrogens is 4. The number of halogens is 1. The summed E-state index contributed by atoms with van der Waals surface area (Å²) in [4.78, 5) is 4.29. The summed E-state index contributed by atoms with van der Waals surface area (Å²) in [5.41, 5.74) is 2.41. The fraction of sp³-hybridized carbons (Fsp3) is 0.435. The van der Waals surface area contributed by atoms with Crippen LogP contribution < -0.4 is 10.1 Å². The molecular weight excluding hydrogens is 398 g/mol. The van der Waals surface area contributed by atoms with E-state index in [0.29, 0.717) is 17.8 Å². The van der Waals surface area contributed by atoms with Gasteiger partial charge in [-0.25, -0.2) is 4.98 Å². The van der Waals surface area contributed by atoms with Gasteiger partial charge in [-0.3, -0.25) is 4.57 Å². The molecule has 1 saturated carbocycles. The van der Waals surface area contributed by atoms with Crippen molar-refractivity contribution in [3.8, 4) is 11.6 Å². The van der Waals surface area contributed by atoms with Crippen LogP contribution in [0, 0.1) is 0 Å². The van der Waals surface area contributed by atoms with Crippen LogP contribution in [0.4, 0.5) is 0 Å². The first-order valence-electron chi connectivity index (χ1n) is 10.7. The zero-order valence-corrected chi connectivity index (χ0v) is 17.8. The molecule has 1 aliphatic carbocycles. The highest BCUT2D eigenvalue weighted by molar-refractivity contribution is 6.30. The van der Waals surface area contributed by atoms with Crippen molar-refractivity contribution in [3.63, 3.8) is 0 Å². The van der Waals surface area contributed by atoms with Crippen LogP contribution in [-0.4, -0.2) is 38.9 Å². The summed E-state index contributed by atoms with van der Waals surface area (Å²) in [5, 5.41) is 13.4. The van der Waals surface area contributed by atoms with Gasteiger partial charge in [-0.15, -0.1) is 10.2 Å². The molecular formula is C23H26ClN5O. The number of benzene rings is 1. The quantitative estimate of drug-likeness (QED) is 0.684. The summed E-state index contributed by atoms with van der Waals surface area (Å²) in [6.07, 6.45) is 7.83. The van der Waals surface area contributed by atoms with Crippen LogP contribution in [0.2, 0.25) is 5.02 Å². The van der Waals surface area contributed by atoms with Crippen LogP contribution in [0.1, 0.15) is 48.8 Å². The van der Waals surface area contributed by atoms with Crippen molar-refractivity contribution in [2.24, 2.45) is 0 Å². The van der Waals surface area contributed by atoms with Crippen molar-refractivity contribution >= 4 is 11.6 Å². The largest absolute Gasteiger partial charge is 0.474 e. The molecule has 3 heterocycles. The molecule has 7 heteroatoms. The van der Waals surface area contributed by atoms with Gasteiger partial charge >= 0.3 is 0 Å².